The molecule has 4 fully saturated rings. The minimum atomic E-state index is -2.20. The van der Waals surface area contributed by atoms with Crippen LogP contribution < -0.4 is 0 Å². The molecule has 0 aromatic carbocycles. The van der Waals surface area contributed by atoms with Gasteiger partial charge in [-0.25, -0.2) is 13.6 Å². The van der Waals surface area contributed by atoms with Crippen molar-refractivity contribution >= 4 is 29.4 Å². The van der Waals surface area contributed by atoms with Crippen molar-refractivity contribution in [1.82, 2.24) is 4.90 Å². The molecule has 1 saturated heterocycles. The topological polar surface area (TPSA) is 94.9 Å². The molecule has 5 rings (SSSR count). The van der Waals surface area contributed by atoms with Crippen LogP contribution in [0.4, 0.5) is 13.6 Å². The first-order valence-electron chi connectivity index (χ1n) is 11.8. The van der Waals surface area contributed by atoms with E-state index in [1.807, 2.05) is 13.2 Å². The molecule has 3 saturated carbocycles. The fourth-order valence-corrected chi connectivity index (χ4v) is 9.21. The molecular formula is C25H31F2NO5S. The van der Waals surface area contributed by atoms with Gasteiger partial charge in [-0.05, 0) is 67.4 Å². The standard InChI is InChI=1S/C25H31F2NO5S/c1-22-5-4-14(29)7-17(22)18(26)8-16-15-6-13-10-28(21(32)33)12-24(13,20(31)11-34-3)23(15,2)9-19(30)25(16,22)27/h4-5,7,13,15-16,18-19,30H,6,8-12H2,1-3H3,(H,32,33)/t13-,15-,16-,18-,19-,22-,23-,24+,25-/m0/s1. The monoisotopic (exact) mass is 495 g/mol. The number of likely N-dealkylation sites (tertiary alicyclic amines) is 1. The number of carbonyl (C=O) groups excluding carboxylic acids is 2. The summed E-state index contributed by atoms with van der Waals surface area (Å²) in [7, 11) is 0. The summed E-state index contributed by atoms with van der Waals surface area (Å²) in [5, 5.41) is 21.1. The lowest BCUT2D eigenvalue weighted by molar-refractivity contribution is -0.211. The van der Waals surface area contributed by atoms with Crippen molar-refractivity contribution in [2.45, 2.75) is 51.1 Å². The van der Waals surface area contributed by atoms with Crippen molar-refractivity contribution in [2.24, 2.45) is 34.0 Å². The Morgan fingerprint density at radius 1 is 1.26 bits per heavy atom. The zero-order chi connectivity index (χ0) is 24.8. The molecule has 0 bridgehead atoms. The van der Waals surface area contributed by atoms with Gasteiger partial charge in [0, 0.05) is 24.4 Å². The number of amides is 1. The van der Waals surface area contributed by atoms with E-state index in [-0.39, 0.29) is 49.0 Å². The quantitative estimate of drug-likeness (QED) is 0.623. The van der Waals surface area contributed by atoms with E-state index in [4.69, 9.17) is 0 Å². The van der Waals surface area contributed by atoms with Crippen molar-refractivity contribution in [2.75, 3.05) is 25.1 Å². The second-order valence-electron chi connectivity index (χ2n) is 11.3. The number of carbonyl (C=O) groups is 3. The minimum absolute atomic E-state index is 0.0175. The number of aliphatic hydroxyl groups is 1. The van der Waals surface area contributed by atoms with Gasteiger partial charge in [0.05, 0.1) is 17.3 Å². The van der Waals surface area contributed by atoms with Crippen LogP contribution in [-0.4, -0.2) is 75.8 Å². The van der Waals surface area contributed by atoms with Crippen molar-refractivity contribution in [3.05, 3.63) is 23.8 Å². The summed E-state index contributed by atoms with van der Waals surface area (Å²) >= 11 is 1.37. The fraction of sp³-hybridized carbons (Fsp3) is 0.720. The molecular weight excluding hydrogens is 464 g/mol. The number of Topliss-reactive ketones (excluding diaryl/α,β-unsaturated/α-hetero) is 1. The lowest BCUT2D eigenvalue weighted by Gasteiger charge is -2.63. The third-order valence-electron chi connectivity index (χ3n) is 10.2. The van der Waals surface area contributed by atoms with Gasteiger partial charge in [0.2, 0.25) is 0 Å². The predicted molar refractivity (Wildman–Crippen MR) is 123 cm³/mol. The Labute approximate surface area is 201 Å². The summed E-state index contributed by atoms with van der Waals surface area (Å²) in [6.45, 7) is 3.64. The Balaban J connectivity index is 1.64. The molecule has 6 nitrogen and oxygen atoms in total. The zero-order valence-corrected chi connectivity index (χ0v) is 20.4. The van der Waals surface area contributed by atoms with Crippen LogP contribution in [0, 0.1) is 34.0 Å². The number of hydrogen-bond donors (Lipinski definition) is 2. The first kappa shape index (κ1) is 24.0. The highest BCUT2D eigenvalue weighted by molar-refractivity contribution is 7.99. The molecule has 4 aliphatic carbocycles. The summed E-state index contributed by atoms with van der Waals surface area (Å²) < 4.78 is 32.8. The van der Waals surface area contributed by atoms with Crippen LogP contribution in [0.3, 0.4) is 0 Å². The number of aliphatic hydroxyl groups excluding tert-OH is 1. The van der Waals surface area contributed by atoms with E-state index in [0.29, 0.717) is 6.42 Å². The average Bonchev–Trinajstić information content (AvgIpc) is 3.26. The van der Waals surface area contributed by atoms with Crippen LogP contribution in [0.25, 0.3) is 0 Å². The average molecular weight is 496 g/mol. The lowest BCUT2D eigenvalue weighted by Crippen LogP contribution is -2.69. The molecule has 34 heavy (non-hydrogen) atoms. The SMILES string of the molecule is CSCC(=O)[C@@]12CN(C(=O)O)C[C@@H]1C[C@H]1[C@@H]3C[C@H](F)C4=CC(=O)C=C[C@]4(C)[C@@]3(F)[C@@H](O)C[C@@]12C. The number of halogens is 2. The van der Waals surface area contributed by atoms with Gasteiger partial charge in [-0.3, -0.25) is 9.59 Å². The number of thioether (sulfide) groups is 1. The van der Waals surface area contributed by atoms with Gasteiger partial charge < -0.3 is 15.1 Å². The first-order valence-corrected chi connectivity index (χ1v) is 13.2. The van der Waals surface area contributed by atoms with Crippen LogP contribution in [0.1, 0.15) is 33.1 Å². The molecule has 1 heterocycles. The third-order valence-corrected chi connectivity index (χ3v) is 10.7. The minimum Gasteiger partial charge on any atom is -0.465 e. The maximum atomic E-state index is 17.3. The van der Waals surface area contributed by atoms with E-state index < -0.39 is 57.9 Å². The number of alkyl halides is 2. The first-order chi connectivity index (χ1) is 15.9. The molecule has 5 aliphatic rings. The number of hydrogen-bond acceptors (Lipinski definition) is 5. The lowest BCUT2D eigenvalue weighted by atomic mass is 9.43. The van der Waals surface area contributed by atoms with Crippen LogP contribution in [-0.2, 0) is 9.59 Å². The second-order valence-corrected chi connectivity index (χ2v) is 12.1. The smallest absolute Gasteiger partial charge is 0.407 e. The third kappa shape index (κ3) is 2.63. The summed E-state index contributed by atoms with van der Waals surface area (Å²) in [5.74, 6) is -1.82. The molecule has 0 aromatic heterocycles. The summed E-state index contributed by atoms with van der Waals surface area (Å²) in [4.78, 5) is 38.8. The van der Waals surface area contributed by atoms with Gasteiger partial charge in [0.1, 0.15) is 6.17 Å². The van der Waals surface area contributed by atoms with E-state index in [0.717, 1.165) is 0 Å². The van der Waals surface area contributed by atoms with Gasteiger partial charge in [0.25, 0.3) is 0 Å². The highest BCUT2D eigenvalue weighted by Crippen LogP contribution is 2.74. The van der Waals surface area contributed by atoms with Crippen LogP contribution >= 0.6 is 11.8 Å². The van der Waals surface area contributed by atoms with Gasteiger partial charge in [0.15, 0.2) is 17.2 Å². The number of allylic oxidation sites excluding steroid dienone is 4. The van der Waals surface area contributed by atoms with Gasteiger partial charge in [-0.2, -0.15) is 11.8 Å². The Kier molecular flexibility index (Phi) is 5.21. The Bertz CT molecular complexity index is 1030. The van der Waals surface area contributed by atoms with E-state index in [1.54, 1.807) is 6.92 Å². The molecule has 0 spiro atoms. The second kappa shape index (κ2) is 7.38. The Morgan fingerprint density at radius 3 is 2.62 bits per heavy atom. The molecule has 1 aliphatic heterocycles. The molecule has 0 aromatic rings. The zero-order valence-electron chi connectivity index (χ0n) is 19.6. The number of nitrogens with zero attached hydrogens (tertiary/aromatic N) is 1. The molecule has 0 radical (unpaired) electrons. The summed E-state index contributed by atoms with van der Waals surface area (Å²) in [6.07, 6.45) is 1.74. The maximum absolute atomic E-state index is 17.3. The van der Waals surface area contributed by atoms with E-state index in [2.05, 4.69) is 0 Å². The van der Waals surface area contributed by atoms with E-state index >= 15 is 8.78 Å². The van der Waals surface area contributed by atoms with Crippen LogP contribution in [0.5, 0.6) is 0 Å². The van der Waals surface area contributed by atoms with Crippen molar-refractivity contribution < 1.29 is 33.4 Å². The van der Waals surface area contributed by atoms with Crippen molar-refractivity contribution in [3.63, 3.8) is 0 Å². The van der Waals surface area contributed by atoms with Crippen molar-refractivity contribution in [1.29, 1.82) is 0 Å². The molecule has 9 atom stereocenters. The largest absolute Gasteiger partial charge is 0.465 e. The van der Waals surface area contributed by atoms with Crippen LogP contribution in [0.2, 0.25) is 0 Å². The molecule has 186 valence electrons. The Morgan fingerprint density at radius 2 is 1.97 bits per heavy atom. The van der Waals surface area contributed by atoms with E-state index in [1.165, 1.54) is 34.9 Å². The predicted octanol–water partition coefficient (Wildman–Crippen LogP) is 3.44. The number of rotatable bonds is 3. The summed E-state index contributed by atoms with van der Waals surface area (Å²) in [5.41, 5.74) is -5.50. The molecule has 9 heteroatoms. The number of fused-ring (bicyclic) bond motifs is 7. The normalized spacial score (nSPS) is 49.1. The highest BCUT2D eigenvalue weighted by atomic mass is 32.2. The van der Waals surface area contributed by atoms with E-state index in [9.17, 15) is 24.6 Å². The number of carboxylic acid groups (broad SMARTS) is 1. The van der Waals surface area contributed by atoms with Crippen molar-refractivity contribution in [3.8, 4) is 0 Å². The van der Waals surface area contributed by atoms with Gasteiger partial charge >= 0.3 is 6.09 Å². The number of ketones is 2. The maximum Gasteiger partial charge on any atom is 0.407 e. The fourth-order valence-electron chi connectivity index (χ4n) is 8.69. The highest BCUT2D eigenvalue weighted by Gasteiger charge is 2.78. The molecule has 1 amide bonds. The molecule has 0 unspecified atom stereocenters. The van der Waals surface area contributed by atoms with Gasteiger partial charge in [-0.15, -0.1) is 0 Å². The van der Waals surface area contributed by atoms with Gasteiger partial charge in [-0.1, -0.05) is 13.0 Å². The Hall–Kier alpha value is -1.74. The summed E-state index contributed by atoms with van der Waals surface area (Å²) in [6, 6.07) is 0. The molecule has 2 N–H and O–H groups in total. The van der Waals surface area contributed by atoms with Crippen LogP contribution in [0.15, 0.2) is 23.8 Å².